The molecule has 0 spiro atoms. The van der Waals surface area contributed by atoms with Crippen molar-refractivity contribution < 1.29 is 5.11 Å². The Kier molecular flexibility index (Phi) is 7.33. The zero-order chi connectivity index (χ0) is 12.5. The van der Waals surface area contributed by atoms with E-state index < -0.39 is 0 Å². The van der Waals surface area contributed by atoms with Gasteiger partial charge in [0.1, 0.15) is 0 Å². The molecule has 0 radical (unpaired) electrons. The summed E-state index contributed by atoms with van der Waals surface area (Å²) in [6.07, 6.45) is -0.335. The maximum Gasteiger partial charge on any atom is 0.0880 e. The summed E-state index contributed by atoms with van der Waals surface area (Å²) in [4.78, 5) is 2.40. The Hall–Kier alpha value is -0.510. The first-order valence-corrected chi connectivity index (χ1v) is 7.46. The van der Waals surface area contributed by atoms with Crippen LogP contribution in [-0.4, -0.2) is 41.1 Å². The van der Waals surface area contributed by atoms with Gasteiger partial charge in [0.25, 0.3) is 0 Å². The number of hydrogen-bond acceptors (Lipinski definition) is 3. The van der Waals surface area contributed by atoms with E-state index in [4.69, 9.17) is 0 Å². The van der Waals surface area contributed by atoms with Gasteiger partial charge in [0.05, 0.1) is 6.10 Å². The summed E-state index contributed by atoms with van der Waals surface area (Å²) in [7, 11) is 0. The van der Waals surface area contributed by atoms with Crippen LogP contribution < -0.4 is 0 Å². The molecule has 0 aliphatic rings. The summed E-state index contributed by atoms with van der Waals surface area (Å²) in [6.45, 7) is 7.70. The van der Waals surface area contributed by atoms with Crippen molar-refractivity contribution in [1.29, 1.82) is 0 Å². The molecule has 0 fully saturated rings. The smallest absolute Gasteiger partial charge is 0.0880 e. The molecule has 1 rings (SSSR count). The summed E-state index contributed by atoms with van der Waals surface area (Å²) < 4.78 is 0. The molecular formula is C14H23NOS. The topological polar surface area (TPSA) is 23.5 Å². The maximum atomic E-state index is 9.97. The van der Waals surface area contributed by atoms with E-state index in [1.54, 1.807) is 0 Å². The molecule has 17 heavy (non-hydrogen) atoms. The van der Waals surface area contributed by atoms with Crippen molar-refractivity contribution in [1.82, 2.24) is 4.90 Å². The van der Waals surface area contributed by atoms with Crippen molar-refractivity contribution in [3.05, 3.63) is 35.9 Å². The molecule has 1 N–H and O–H groups in total. The molecule has 3 heteroatoms. The molecule has 0 aromatic heterocycles. The van der Waals surface area contributed by atoms with Crippen molar-refractivity contribution in [3.63, 3.8) is 0 Å². The van der Waals surface area contributed by atoms with Gasteiger partial charge in [0.15, 0.2) is 0 Å². The van der Waals surface area contributed by atoms with E-state index in [9.17, 15) is 5.11 Å². The van der Waals surface area contributed by atoms with Crippen LogP contribution in [0.2, 0.25) is 0 Å². The van der Waals surface area contributed by atoms with Crippen molar-refractivity contribution in [3.8, 4) is 0 Å². The second-order valence-corrected chi connectivity index (χ2v) is 5.18. The van der Waals surface area contributed by atoms with E-state index in [1.165, 1.54) is 0 Å². The molecule has 0 aliphatic carbocycles. The zero-order valence-electron chi connectivity index (χ0n) is 10.8. The molecule has 1 aromatic rings. The van der Waals surface area contributed by atoms with Crippen LogP contribution in [0.5, 0.6) is 0 Å². The lowest BCUT2D eigenvalue weighted by Gasteiger charge is -2.18. The lowest BCUT2D eigenvalue weighted by atomic mass is 10.1. The SMILES string of the molecule is CCN(CC)CCSC[C@H](O)c1ccccc1. The highest BCUT2D eigenvalue weighted by atomic mass is 32.2. The van der Waals surface area contributed by atoms with E-state index in [0.29, 0.717) is 0 Å². The molecule has 1 atom stereocenters. The molecule has 0 heterocycles. The number of aliphatic hydroxyl groups excluding tert-OH is 1. The molecular weight excluding hydrogens is 230 g/mol. The average molecular weight is 253 g/mol. The number of thioether (sulfide) groups is 1. The highest BCUT2D eigenvalue weighted by Crippen LogP contribution is 2.17. The first kappa shape index (κ1) is 14.6. The molecule has 0 aliphatic heterocycles. The van der Waals surface area contributed by atoms with Gasteiger partial charge in [0.2, 0.25) is 0 Å². The number of benzene rings is 1. The third kappa shape index (κ3) is 5.57. The minimum atomic E-state index is -0.335. The van der Waals surface area contributed by atoms with E-state index in [1.807, 2.05) is 42.1 Å². The fourth-order valence-corrected chi connectivity index (χ4v) is 2.67. The maximum absolute atomic E-state index is 9.97. The Morgan fingerprint density at radius 3 is 2.41 bits per heavy atom. The largest absolute Gasteiger partial charge is 0.388 e. The first-order chi connectivity index (χ1) is 8.27. The molecule has 0 unspecified atom stereocenters. The fraction of sp³-hybridized carbons (Fsp3) is 0.571. The summed E-state index contributed by atoms with van der Waals surface area (Å²) >= 11 is 1.82. The Labute approximate surface area is 109 Å². The van der Waals surface area contributed by atoms with Crippen LogP contribution in [-0.2, 0) is 0 Å². The van der Waals surface area contributed by atoms with E-state index in [2.05, 4.69) is 18.7 Å². The third-order valence-corrected chi connectivity index (χ3v) is 3.93. The third-order valence-electron chi connectivity index (χ3n) is 2.91. The molecule has 0 bridgehead atoms. The second-order valence-electron chi connectivity index (χ2n) is 4.03. The van der Waals surface area contributed by atoms with Gasteiger partial charge in [-0.1, -0.05) is 44.2 Å². The molecule has 96 valence electrons. The summed E-state index contributed by atoms with van der Waals surface area (Å²) in [5.74, 6) is 1.87. The monoisotopic (exact) mass is 253 g/mol. The Balaban J connectivity index is 2.19. The van der Waals surface area contributed by atoms with Crippen LogP contribution in [0.4, 0.5) is 0 Å². The quantitative estimate of drug-likeness (QED) is 0.721. The first-order valence-electron chi connectivity index (χ1n) is 6.31. The van der Waals surface area contributed by atoms with Crippen LogP contribution >= 0.6 is 11.8 Å². The minimum Gasteiger partial charge on any atom is -0.388 e. The van der Waals surface area contributed by atoms with E-state index in [0.717, 1.165) is 36.7 Å². The average Bonchev–Trinajstić information content (AvgIpc) is 2.40. The van der Waals surface area contributed by atoms with Gasteiger partial charge < -0.3 is 10.0 Å². The van der Waals surface area contributed by atoms with Crippen LogP contribution in [0, 0.1) is 0 Å². The lowest BCUT2D eigenvalue weighted by Crippen LogP contribution is -2.25. The molecule has 0 amide bonds. The van der Waals surface area contributed by atoms with Gasteiger partial charge in [0, 0.05) is 18.1 Å². The van der Waals surface area contributed by atoms with Gasteiger partial charge in [-0.2, -0.15) is 11.8 Å². The Bertz CT molecular complexity index is 288. The summed E-state index contributed by atoms with van der Waals surface area (Å²) in [5.41, 5.74) is 1.02. The number of aliphatic hydroxyl groups is 1. The van der Waals surface area contributed by atoms with Crippen molar-refractivity contribution in [2.24, 2.45) is 0 Å². The zero-order valence-corrected chi connectivity index (χ0v) is 11.6. The van der Waals surface area contributed by atoms with Gasteiger partial charge in [-0.3, -0.25) is 0 Å². The highest BCUT2D eigenvalue weighted by Gasteiger charge is 2.06. The van der Waals surface area contributed by atoms with E-state index in [-0.39, 0.29) is 6.10 Å². The molecule has 2 nitrogen and oxygen atoms in total. The predicted molar refractivity (Wildman–Crippen MR) is 76.5 cm³/mol. The van der Waals surface area contributed by atoms with Gasteiger partial charge in [-0.15, -0.1) is 0 Å². The number of nitrogens with zero attached hydrogens (tertiary/aromatic N) is 1. The molecule has 0 saturated carbocycles. The minimum absolute atomic E-state index is 0.335. The Morgan fingerprint density at radius 1 is 1.18 bits per heavy atom. The summed E-state index contributed by atoms with van der Waals surface area (Å²) in [5, 5.41) is 9.97. The van der Waals surface area contributed by atoms with Gasteiger partial charge >= 0.3 is 0 Å². The van der Waals surface area contributed by atoms with Gasteiger partial charge in [-0.05, 0) is 18.7 Å². The van der Waals surface area contributed by atoms with E-state index >= 15 is 0 Å². The molecule has 1 aromatic carbocycles. The van der Waals surface area contributed by atoms with Crippen LogP contribution in [0.3, 0.4) is 0 Å². The second kappa shape index (κ2) is 8.56. The van der Waals surface area contributed by atoms with Crippen molar-refractivity contribution in [2.75, 3.05) is 31.1 Å². The predicted octanol–water partition coefficient (Wildman–Crippen LogP) is 2.80. The van der Waals surface area contributed by atoms with Crippen LogP contribution in [0.25, 0.3) is 0 Å². The molecule has 0 saturated heterocycles. The number of rotatable bonds is 8. The van der Waals surface area contributed by atoms with Gasteiger partial charge in [-0.25, -0.2) is 0 Å². The van der Waals surface area contributed by atoms with Crippen LogP contribution in [0.15, 0.2) is 30.3 Å². The highest BCUT2D eigenvalue weighted by molar-refractivity contribution is 7.99. The van der Waals surface area contributed by atoms with Crippen molar-refractivity contribution >= 4 is 11.8 Å². The standard InChI is InChI=1S/C14H23NOS/c1-3-15(4-2)10-11-17-12-14(16)13-8-6-5-7-9-13/h5-9,14,16H,3-4,10-12H2,1-2H3/t14-/m0/s1. The lowest BCUT2D eigenvalue weighted by molar-refractivity contribution is 0.204. The Morgan fingerprint density at radius 2 is 1.82 bits per heavy atom. The van der Waals surface area contributed by atoms with Crippen LogP contribution in [0.1, 0.15) is 25.5 Å². The summed E-state index contributed by atoms with van der Waals surface area (Å²) in [6, 6.07) is 9.88. The fourth-order valence-electron chi connectivity index (χ4n) is 1.70. The number of hydrogen-bond donors (Lipinski definition) is 1. The normalized spacial score (nSPS) is 12.9. The van der Waals surface area contributed by atoms with Crippen molar-refractivity contribution in [2.45, 2.75) is 20.0 Å².